The topological polar surface area (TPSA) is 47.3 Å². The Bertz CT molecular complexity index is 1140. The molecule has 2 aromatic heterocycles. The average molecular weight is 333 g/mol. The summed E-state index contributed by atoms with van der Waals surface area (Å²) in [5.41, 5.74) is 4.14. The molecule has 2 aromatic carbocycles. The molecule has 0 atom stereocenters. The largest absolute Gasteiger partial charge is 0.291 e. The summed E-state index contributed by atoms with van der Waals surface area (Å²) < 4.78 is 2.03. The van der Waals surface area contributed by atoms with E-state index in [9.17, 15) is 4.79 Å². The molecule has 4 rings (SSSR count). The van der Waals surface area contributed by atoms with Crippen LogP contribution in [-0.4, -0.2) is 14.6 Å². The Hall–Kier alpha value is -2.79. The van der Waals surface area contributed by atoms with Crippen molar-refractivity contribution in [2.75, 3.05) is 0 Å². The van der Waals surface area contributed by atoms with Crippen LogP contribution in [0.1, 0.15) is 16.7 Å². The molecule has 5 heteroatoms. The molecule has 0 radical (unpaired) electrons. The summed E-state index contributed by atoms with van der Waals surface area (Å²) in [6, 6.07) is 16.0. The lowest BCUT2D eigenvalue weighted by Gasteiger charge is -1.95. The molecule has 24 heavy (non-hydrogen) atoms. The first kappa shape index (κ1) is 14.8. The fourth-order valence-corrected chi connectivity index (χ4v) is 3.46. The second kappa shape index (κ2) is 5.69. The van der Waals surface area contributed by atoms with Crippen molar-refractivity contribution in [3.05, 3.63) is 80.1 Å². The van der Waals surface area contributed by atoms with Crippen LogP contribution in [0, 0.1) is 13.8 Å². The second-order valence-corrected chi connectivity index (χ2v) is 6.83. The Kier molecular flexibility index (Phi) is 3.50. The number of hydrogen-bond donors (Lipinski definition) is 0. The number of aryl methyl sites for hydroxylation is 2. The third kappa shape index (κ3) is 2.63. The standard InChI is InChI=1S/C19H15N3OS/c1-12-6-8-14(9-7-12)11-16-18(23)22-19(24-16)20-17(21-22)15-5-3-4-13(2)10-15/h3-11H,1-2H3/b16-11-. The molecule has 118 valence electrons. The average Bonchev–Trinajstić information content (AvgIpc) is 3.10. The van der Waals surface area contributed by atoms with Crippen molar-refractivity contribution < 1.29 is 0 Å². The number of hydrogen-bond acceptors (Lipinski definition) is 4. The molecule has 0 aliphatic heterocycles. The monoisotopic (exact) mass is 333 g/mol. The van der Waals surface area contributed by atoms with Gasteiger partial charge in [-0.15, -0.1) is 5.10 Å². The molecule has 0 unspecified atom stereocenters. The maximum absolute atomic E-state index is 12.6. The van der Waals surface area contributed by atoms with E-state index < -0.39 is 0 Å². The van der Waals surface area contributed by atoms with E-state index in [1.807, 2.05) is 68.5 Å². The van der Waals surface area contributed by atoms with E-state index in [1.54, 1.807) is 0 Å². The third-order valence-electron chi connectivity index (χ3n) is 3.83. The van der Waals surface area contributed by atoms with Crippen LogP contribution in [0.25, 0.3) is 22.4 Å². The molecule has 0 saturated heterocycles. The van der Waals surface area contributed by atoms with Gasteiger partial charge in [-0.2, -0.15) is 9.50 Å². The summed E-state index contributed by atoms with van der Waals surface area (Å²) in [5, 5.41) is 4.38. The van der Waals surface area contributed by atoms with Gasteiger partial charge in [0.05, 0.1) is 4.53 Å². The minimum Gasteiger partial charge on any atom is -0.266 e. The van der Waals surface area contributed by atoms with E-state index in [-0.39, 0.29) is 5.56 Å². The van der Waals surface area contributed by atoms with Gasteiger partial charge in [0.25, 0.3) is 5.56 Å². The molecule has 0 fully saturated rings. The van der Waals surface area contributed by atoms with E-state index >= 15 is 0 Å². The maximum atomic E-state index is 12.6. The zero-order chi connectivity index (χ0) is 16.7. The molecule has 0 spiro atoms. The zero-order valence-electron chi connectivity index (χ0n) is 13.4. The lowest BCUT2D eigenvalue weighted by Crippen LogP contribution is -2.23. The number of thiazole rings is 1. The molecule has 0 saturated carbocycles. The fraction of sp³-hybridized carbons (Fsp3) is 0.105. The van der Waals surface area contributed by atoms with Gasteiger partial charge in [0.1, 0.15) is 0 Å². The van der Waals surface area contributed by atoms with Crippen molar-refractivity contribution in [1.82, 2.24) is 14.6 Å². The fourth-order valence-electron chi connectivity index (χ4n) is 2.55. The first-order valence-corrected chi connectivity index (χ1v) is 8.47. The molecular weight excluding hydrogens is 318 g/mol. The van der Waals surface area contributed by atoms with Crippen LogP contribution in [0.4, 0.5) is 0 Å². The molecule has 0 aliphatic rings. The molecule has 0 bridgehead atoms. The van der Waals surface area contributed by atoms with Gasteiger partial charge >= 0.3 is 0 Å². The quantitative estimate of drug-likeness (QED) is 0.566. The highest BCUT2D eigenvalue weighted by molar-refractivity contribution is 7.15. The first-order valence-electron chi connectivity index (χ1n) is 7.65. The zero-order valence-corrected chi connectivity index (χ0v) is 14.2. The lowest BCUT2D eigenvalue weighted by atomic mass is 10.1. The molecular formula is C19H15N3OS. The number of fused-ring (bicyclic) bond motifs is 1. The number of nitrogens with zero attached hydrogens (tertiary/aromatic N) is 3. The van der Waals surface area contributed by atoms with Gasteiger partial charge in [-0.1, -0.05) is 64.9 Å². The van der Waals surface area contributed by atoms with Crippen LogP contribution < -0.4 is 10.1 Å². The van der Waals surface area contributed by atoms with Crippen LogP contribution >= 0.6 is 11.3 Å². The third-order valence-corrected chi connectivity index (χ3v) is 4.79. The predicted molar refractivity (Wildman–Crippen MR) is 97.3 cm³/mol. The Labute approximate surface area is 142 Å². The highest BCUT2D eigenvalue weighted by Crippen LogP contribution is 2.17. The summed E-state index contributed by atoms with van der Waals surface area (Å²) in [6.45, 7) is 4.06. The van der Waals surface area contributed by atoms with Crippen LogP contribution in [0.5, 0.6) is 0 Å². The van der Waals surface area contributed by atoms with E-state index in [0.717, 1.165) is 16.7 Å². The van der Waals surface area contributed by atoms with Gasteiger partial charge in [0.2, 0.25) is 4.96 Å². The van der Waals surface area contributed by atoms with Crippen molar-refractivity contribution in [1.29, 1.82) is 0 Å². The predicted octanol–water partition coefficient (Wildman–Crippen LogP) is 2.98. The molecule has 0 N–H and O–H groups in total. The molecule has 2 heterocycles. The Morgan fingerprint density at radius 1 is 1.04 bits per heavy atom. The molecule has 0 amide bonds. The van der Waals surface area contributed by atoms with Crippen molar-refractivity contribution in [3.63, 3.8) is 0 Å². The van der Waals surface area contributed by atoms with Crippen molar-refractivity contribution in [3.8, 4) is 11.4 Å². The highest BCUT2D eigenvalue weighted by atomic mass is 32.1. The smallest absolute Gasteiger partial charge is 0.266 e. The van der Waals surface area contributed by atoms with Crippen LogP contribution in [0.15, 0.2) is 53.3 Å². The summed E-state index contributed by atoms with van der Waals surface area (Å²) >= 11 is 1.36. The van der Waals surface area contributed by atoms with Crippen LogP contribution in [0.2, 0.25) is 0 Å². The van der Waals surface area contributed by atoms with E-state index in [2.05, 4.69) is 10.1 Å². The van der Waals surface area contributed by atoms with E-state index in [0.29, 0.717) is 15.3 Å². The number of aromatic nitrogens is 3. The van der Waals surface area contributed by atoms with Gasteiger partial charge in [0.15, 0.2) is 5.82 Å². The van der Waals surface area contributed by atoms with E-state index in [1.165, 1.54) is 21.4 Å². The Morgan fingerprint density at radius 3 is 2.54 bits per heavy atom. The molecule has 4 aromatic rings. The Morgan fingerprint density at radius 2 is 1.83 bits per heavy atom. The summed E-state index contributed by atoms with van der Waals surface area (Å²) in [6.07, 6.45) is 1.88. The summed E-state index contributed by atoms with van der Waals surface area (Å²) in [4.78, 5) is 17.7. The van der Waals surface area contributed by atoms with Gasteiger partial charge < -0.3 is 0 Å². The highest BCUT2D eigenvalue weighted by Gasteiger charge is 2.11. The summed E-state index contributed by atoms with van der Waals surface area (Å²) in [5.74, 6) is 0.587. The Balaban J connectivity index is 1.81. The minimum absolute atomic E-state index is 0.123. The summed E-state index contributed by atoms with van der Waals surface area (Å²) in [7, 11) is 0. The van der Waals surface area contributed by atoms with Crippen LogP contribution in [0.3, 0.4) is 0 Å². The van der Waals surface area contributed by atoms with Crippen molar-refractivity contribution in [2.24, 2.45) is 0 Å². The van der Waals surface area contributed by atoms with Crippen LogP contribution in [-0.2, 0) is 0 Å². The van der Waals surface area contributed by atoms with Gasteiger partial charge in [-0.3, -0.25) is 4.79 Å². The first-order chi connectivity index (χ1) is 11.6. The molecule has 0 aliphatic carbocycles. The normalized spacial score (nSPS) is 12.2. The maximum Gasteiger partial charge on any atom is 0.291 e. The number of rotatable bonds is 2. The number of benzene rings is 2. The van der Waals surface area contributed by atoms with Gasteiger partial charge in [-0.25, -0.2) is 0 Å². The van der Waals surface area contributed by atoms with Gasteiger partial charge in [0, 0.05) is 5.56 Å². The minimum atomic E-state index is -0.123. The van der Waals surface area contributed by atoms with Gasteiger partial charge in [-0.05, 0) is 31.6 Å². The molecule has 4 nitrogen and oxygen atoms in total. The lowest BCUT2D eigenvalue weighted by molar-refractivity contribution is 0.936. The SMILES string of the molecule is Cc1ccc(/C=c2\sc3nc(-c4cccc(C)c4)nn3c2=O)cc1. The van der Waals surface area contributed by atoms with E-state index in [4.69, 9.17) is 0 Å². The second-order valence-electron chi connectivity index (χ2n) is 5.83. The van der Waals surface area contributed by atoms with Crippen molar-refractivity contribution in [2.45, 2.75) is 13.8 Å². The van der Waals surface area contributed by atoms with Crippen molar-refractivity contribution >= 4 is 22.4 Å².